The number of aromatic nitrogens is 1. The van der Waals surface area contributed by atoms with Gasteiger partial charge in [-0.2, -0.15) is 0 Å². The molecule has 14 heavy (non-hydrogen) atoms. The van der Waals surface area contributed by atoms with Gasteiger partial charge < -0.3 is 9.88 Å². The highest BCUT2D eigenvalue weighted by molar-refractivity contribution is 7.10. The molecule has 2 aromatic heterocycles. The van der Waals surface area contributed by atoms with Crippen molar-refractivity contribution in [3.8, 4) is 0 Å². The molecule has 1 unspecified atom stereocenters. The maximum absolute atomic E-state index is 3.55. The van der Waals surface area contributed by atoms with Gasteiger partial charge in [-0.3, -0.25) is 0 Å². The summed E-state index contributed by atoms with van der Waals surface area (Å²) < 4.78 is 2.33. The molecule has 72 valence electrons. The molecule has 1 N–H and O–H groups in total. The van der Waals surface area contributed by atoms with Crippen LogP contribution < -0.4 is 5.32 Å². The van der Waals surface area contributed by atoms with Gasteiger partial charge in [0.1, 0.15) is 0 Å². The molecule has 0 saturated carbocycles. The van der Waals surface area contributed by atoms with Gasteiger partial charge in [-0.25, -0.2) is 0 Å². The zero-order chi connectivity index (χ0) is 9.38. The molecule has 0 spiro atoms. The van der Waals surface area contributed by atoms with Gasteiger partial charge in [-0.15, -0.1) is 11.3 Å². The molecular weight excluding hydrogens is 192 g/mol. The van der Waals surface area contributed by atoms with E-state index in [-0.39, 0.29) is 0 Å². The van der Waals surface area contributed by atoms with Gasteiger partial charge in [0.2, 0.25) is 0 Å². The minimum atomic E-state index is 0.402. The van der Waals surface area contributed by atoms with Crippen LogP contribution in [-0.2, 0) is 6.54 Å². The summed E-state index contributed by atoms with van der Waals surface area (Å²) in [6.07, 6.45) is 2.16. The summed E-state index contributed by atoms with van der Waals surface area (Å²) in [4.78, 5) is 1.41. The molecule has 3 heteroatoms. The molecule has 1 aliphatic rings. The van der Waals surface area contributed by atoms with Crippen molar-refractivity contribution < 1.29 is 0 Å². The van der Waals surface area contributed by atoms with E-state index >= 15 is 0 Å². The van der Waals surface area contributed by atoms with Gasteiger partial charge in [0.25, 0.3) is 0 Å². The summed E-state index contributed by atoms with van der Waals surface area (Å²) in [6, 6.07) is 9.05. The third kappa shape index (κ3) is 1.21. The number of fused-ring (bicyclic) bond motifs is 1. The number of nitrogens with one attached hydrogen (secondary N) is 1. The molecular formula is C11H12N2S. The summed E-state index contributed by atoms with van der Waals surface area (Å²) in [5.74, 6) is 0. The lowest BCUT2D eigenvalue weighted by Gasteiger charge is -2.25. The number of hydrogen-bond donors (Lipinski definition) is 1. The van der Waals surface area contributed by atoms with Crippen LogP contribution in [0.15, 0.2) is 35.8 Å². The van der Waals surface area contributed by atoms with Crippen LogP contribution in [0.2, 0.25) is 0 Å². The third-order valence-corrected chi connectivity index (χ3v) is 3.63. The quantitative estimate of drug-likeness (QED) is 0.754. The second-order valence-electron chi connectivity index (χ2n) is 3.53. The second-order valence-corrected chi connectivity index (χ2v) is 4.51. The van der Waals surface area contributed by atoms with Gasteiger partial charge in [-0.05, 0) is 23.6 Å². The van der Waals surface area contributed by atoms with E-state index in [0.717, 1.165) is 13.1 Å². The first-order valence-electron chi connectivity index (χ1n) is 4.87. The Kier molecular flexibility index (Phi) is 1.92. The molecule has 0 bridgehead atoms. The first-order chi connectivity index (χ1) is 6.95. The molecule has 3 rings (SSSR count). The SMILES string of the molecule is c1csc(C2NCCn3cccc32)c1. The average molecular weight is 204 g/mol. The summed E-state index contributed by atoms with van der Waals surface area (Å²) in [7, 11) is 0. The lowest BCUT2D eigenvalue weighted by molar-refractivity contribution is 0.471. The van der Waals surface area contributed by atoms with E-state index in [1.165, 1.54) is 10.6 Å². The topological polar surface area (TPSA) is 17.0 Å². The first kappa shape index (κ1) is 8.26. The fourth-order valence-electron chi connectivity index (χ4n) is 2.03. The lowest BCUT2D eigenvalue weighted by Crippen LogP contribution is -2.32. The molecule has 0 saturated heterocycles. The molecule has 0 amide bonds. The zero-order valence-electron chi connectivity index (χ0n) is 7.81. The molecule has 1 aliphatic heterocycles. The Morgan fingerprint density at radius 1 is 1.36 bits per heavy atom. The highest BCUT2D eigenvalue weighted by Crippen LogP contribution is 2.28. The molecule has 0 fully saturated rings. The molecule has 0 aromatic carbocycles. The second kappa shape index (κ2) is 3.26. The van der Waals surface area contributed by atoms with Gasteiger partial charge >= 0.3 is 0 Å². The lowest BCUT2D eigenvalue weighted by atomic mass is 10.1. The molecule has 0 radical (unpaired) electrons. The zero-order valence-corrected chi connectivity index (χ0v) is 8.63. The van der Waals surface area contributed by atoms with Gasteiger partial charge in [0.15, 0.2) is 0 Å². The Labute approximate surface area is 87.2 Å². The monoisotopic (exact) mass is 204 g/mol. The summed E-state index contributed by atoms with van der Waals surface area (Å²) in [5.41, 5.74) is 1.39. The van der Waals surface area contributed by atoms with Crippen molar-refractivity contribution in [1.29, 1.82) is 0 Å². The van der Waals surface area contributed by atoms with Crippen molar-refractivity contribution in [3.63, 3.8) is 0 Å². The van der Waals surface area contributed by atoms with Crippen molar-refractivity contribution >= 4 is 11.3 Å². The van der Waals surface area contributed by atoms with Crippen LogP contribution >= 0.6 is 11.3 Å². The smallest absolute Gasteiger partial charge is 0.0825 e. The predicted octanol–water partition coefficient (Wildman–Crippen LogP) is 2.24. The molecule has 2 nitrogen and oxygen atoms in total. The largest absolute Gasteiger partial charge is 0.348 e. The van der Waals surface area contributed by atoms with Crippen molar-refractivity contribution in [2.75, 3.05) is 6.54 Å². The number of rotatable bonds is 1. The van der Waals surface area contributed by atoms with E-state index in [0.29, 0.717) is 6.04 Å². The van der Waals surface area contributed by atoms with Crippen LogP contribution in [0, 0.1) is 0 Å². The molecule has 0 aliphatic carbocycles. The molecule has 1 atom stereocenters. The van der Waals surface area contributed by atoms with Crippen LogP contribution in [0.5, 0.6) is 0 Å². The van der Waals surface area contributed by atoms with E-state index < -0.39 is 0 Å². The number of thiophene rings is 1. The Morgan fingerprint density at radius 2 is 2.36 bits per heavy atom. The van der Waals surface area contributed by atoms with Crippen LogP contribution in [0.1, 0.15) is 16.6 Å². The normalized spacial score (nSPS) is 20.7. The highest BCUT2D eigenvalue weighted by atomic mass is 32.1. The third-order valence-electron chi connectivity index (χ3n) is 2.69. The van der Waals surface area contributed by atoms with Gasteiger partial charge in [0.05, 0.1) is 6.04 Å². The maximum atomic E-state index is 3.55. The van der Waals surface area contributed by atoms with E-state index in [1.807, 2.05) is 11.3 Å². The van der Waals surface area contributed by atoms with Crippen molar-refractivity contribution in [1.82, 2.24) is 9.88 Å². The standard InChI is InChI=1S/C11H12N2S/c1-3-9-11(10-4-2-8-14-10)12-5-7-13(9)6-1/h1-4,6,8,11-12H,5,7H2. The number of hydrogen-bond acceptors (Lipinski definition) is 2. The van der Waals surface area contributed by atoms with Crippen LogP contribution in [0.25, 0.3) is 0 Å². The van der Waals surface area contributed by atoms with Crippen molar-refractivity contribution in [2.24, 2.45) is 0 Å². The minimum absolute atomic E-state index is 0.402. The van der Waals surface area contributed by atoms with Gasteiger partial charge in [0, 0.05) is 29.9 Å². The van der Waals surface area contributed by atoms with Gasteiger partial charge in [-0.1, -0.05) is 6.07 Å². The van der Waals surface area contributed by atoms with E-state index in [2.05, 4.69) is 45.7 Å². The van der Waals surface area contributed by atoms with Crippen LogP contribution in [0.3, 0.4) is 0 Å². The highest BCUT2D eigenvalue weighted by Gasteiger charge is 2.20. The Bertz CT molecular complexity index is 416. The Hall–Kier alpha value is -1.06. The molecule has 2 aromatic rings. The summed E-state index contributed by atoms with van der Waals surface area (Å²) >= 11 is 1.82. The average Bonchev–Trinajstić information content (AvgIpc) is 2.88. The minimum Gasteiger partial charge on any atom is -0.348 e. The Balaban J connectivity index is 2.04. The van der Waals surface area contributed by atoms with Crippen molar-refractivity contribution in [3.05, 3.63) is 46.4 Å². The fraction of sp³-hybridized carbons (Fsp3) is 0.273. The number of nitrogens with zero attached hydrogens (tertiary/aromatic N) is 1. The van der Waals surface area contributed by atoms with E-state index in [9.17, 15) is 0 Å². The maximum Gasteiger partial charge on any atom is 0.0825 e. The predicted molar refractivity (Wildman–Crippen MR) is 58.6 cm³/mol. The summed E-state index contributed by atoms with van der Waals surface area (Å²) in [6.45, 7) is 2.15. The van der Waals surface area contributed by atoms with E-state index in [4.69, 9.17) is 0 Å². The Morgan fingerprint density at radius 3 is 3.21 bits per heavy atom. The van der Waals surface area contributed by atoms with Crippen LogP contribution in [0.4, 0.5) is 0 Å². The fourth-order valence-corrected chi connectivity index (χ4v) is 2.84. The van der Waals surface area contributed by atoms with Crippen LogP contribution in [-0.4, -0.2) is 11.1 Å². The van der Waals surface area contributed by atoms with E-state index in [1.54, 1.807) is 0 Å². The first-order valence-corrected chi connectivity index (χ1v) is 5.75. The summed E-state index contributed by atoms with van der Waals surface area (Å²) in [5, 5.41) is 5.69. The molecule has 3 heterocycles. The van der Waals surface area contributed by atoms with Crippen molar-refractivity contribution in [2.45, 2.75) is 12.6 Å².